The standard InChI is InChI=1S/C14H26O4Se2/c15-13(16)9-5-1-3-7-11-19-20-12-8-4-2-6-10-14(17)18/h1-12H2,(H,15,16)(H,17,18). The van der Waals surface area contributed by atoms with Crippen LogP contribution in [0.15, 0.2) is 0 Å². The molecule has 0 amide bonds. The van der Waals surface area contributed by atoms with Crippen molar-refractivity contribution in [3.05, 3.63) is 0 Å². The maximum absolute atomic E-state index is 10.3. The number of rotatable bonds is 15. The summed E-state index contributed by atoms with van der Waals surface area (Å²) in [5.74, 6) is -1.36. The summed E-state index contributed by atoms with van der Waals surface area (Å²) >= 11 is 1.61. The van der Waals surface area contributed by atoms with E-state index in [4.69, 9.17) is 10.2 Å². The first-order valence-corrected chi connectivity index (χ1v) is 14.1. The van der Waals surface area contributed by atoms with Gasteiger partial charge in [-0.15, -0.1) is 0 Å². The molecule has 0 aromatic rings. The molecule has 0 heterocycles. The first kappa shape index (κ1) is 20.0. The number of aliphatic carboxylic acids is 2. The predicted molar refractivity (Wildman–Crippen MR) is 82.6 cm³/mol. The van der Waals surface area contributed by atoms with Gasteiger partial charge in [-0.3, -0.25) is 0 Å². The zero-order valence-corrected chi connectivity index (χ0v) is 15.4. The van der Waals surface area contributed by atoms with Crippen LogP contribution in [0, 0.1) is 0 Å². The Hall–Kier alpha value is -0.0210. The molecule has 118 valence electrons. The van der Waals surface area contributed by atoms with E-state index in [0.717, 1.165) is 51.9 Å². The number of carbonyl (C=O) groups is 2. The Morgan fingerprint density at radius 1 is 0.600 bits per heavy atom. The van der Waals surface area contributed by atoms with Crippen molar-refractivity contribution >= 4 is 38.2 Å². The second kappa shape index (κ2) is 15.4. The van der Waals surface area contributed by atoms with E-state index in [1.54, 1.807) is 0 Å². The van der Waals surface area contributed by atoms with Gasteiger partial charge in [-0.25, -0.2) is 0 Å². The molecule has 0 atom stereocenters. The SMILES string of the molecule is O=C(O)CCCCCC[Se][Se]CCCCCCC(=O)O. The molecule has 20 heavy (non-hydrogen) atoms. The van der Waals surface area contributed by atoms with E-state index in [1.807, 2.05) is 0 Å². The third-order valence-corrected chi connectivity index (χ3v) is 10.5. The first-order chi connectivity index (χ1) is 9.63. The number of hydrogen-bond donors (Lipinski definition) is 2. The van der Waals surface area contributed by atoms with Crippen LogP contribution >= 0.6 is 0 Å². The van der Waals surface area contributed by atoms with Crippen molar-refractivity contribution in [1.82, 2.24) is 0 Å². The summed E-state index contributed by atoms with van der Waals surface area (Å²) in [5.41, 5.74) is 0. The van der Waals surface area contributed by atoms with Crippen LogP contribution in [-0.2, 0) is 9.59 Å². The topological polar surface area (TPSA) is 74.6 Å². The van der Waals surface area contributed by atoms with Gasteiger partial charge in [-0.2, -0.15) is 0 Å². The molecule has 0 saturated carbocycles. The van der Waals surface area contributed by atoms with Crippen molar-refractivity contribution in [3.63, 3.8) is 0 Å². The fourth-order valence-electron chi connectivity index (χ4n) is 1.70. The Morgan fingerprint density at radius 3 is 1.30 bits per heavy atom. The molecule has 0 aliphatic heterocycles. The van der Waals surface area contributed by atoms with E-state index in [0.29, 0.717) is 12.8 Å². The van der Waals surface area contributed by atoms with Gasteiger partial charge in [-0.1, -0.05) is 0 Å². The Labute approximate surface area is 133 Å². The van der Waals surface area contributed by atoms with Crippen molar-refractivity contribution in [2.24, 2.45) is 0 Å². The summed E-state index contributed by atoms with van der Waals surface area (Å²) in [4.78, 5) is 20.6. The van der Waals surface area contributed by atoms with Crippen LogP contribution in [0.25, 0.3) is 0 Å². The fraction of sp³-hybridized carbons (Fsp3) is 0.857. The molecule has 0 unspecified atom stereocenters. The molecule has 0 spiro atoms. The zero-order valence-electron chi connectivity index (χ0n) is 12.0. The van der Waals surface area contributed by atoms with Crippen LogP contribution in [-0.4, -0.2) is 48.4 Å². The van der Waals surface area contributed by atoms with Crippen molar-refractivity contribution in [1.29, 1.82) is 0 Å². The number of unbranched alkanes of at least 4 members (excludes halogenated alkanes) is 6. The normalized spacial score (nSPS) is 10.6. The van der Waals surface area contributed by atoms with Crippen LogP contribution in [0.2, 0.25) is 10.6 Å². The van der Waals surface area contributed by atoms with E-state index < -0.39 is 11.9 Å². The molecular weight excluding hydrogens is 390 g/mol. The van der Waals surface area contributed by atoms with Crippen molar-refractivity contribution in [2.45, 2.75) is 74.8 Å². The van der Waals surface area contributed by atoms with Gasteiger partial charge in [0.25, 0.3) is 0 Å². The zero-order chi connectivity index (χ0) is 15.1. The summed E-state index contributed by atoms with van der Waals surface area (Å²) < 4.78 is 0. The second-order valence-corrected chi connectivity index (χ2v) is 12.6. The molecule has 0 radical (unpaired) electrons. The van der Waals surface area contributed by atoms with Crippen molar-refractivity contribution in [2.75, 3.05) is 0 Å². The number of carboxylic acid groups (broad SMARTS) is 2. The Morgan fingerprint density at radius 2 is 0.950 bits per heavy atom. The molecular formula is C14H26O4Se2. The first-order valence-electron chi connectivity index (χ1n) is 7.31. The van der Waals surface area contributed by atoms with Crippen LogP contribution in [0.1, 0.15) is 64.2 Å². The molecule has 0 fully saturated rings. The summed E-state index contributed by atoms with van der Waals surface area (Å²) in [6.45, 7) is 0. The van der Waals surface area contributed by atoms with E-state index in [2.05, 4.69) is 0 Å². The monoisotopic (exact) mass is 418 g/mol. The molecule has 0 saturated heterocycles. The van der Waals surface area contributed by atoms with Gasteiger partial charge in [-0.05, 0) is 0 Å². The van der Waals surface area contributed by atoms with Gasteiger partial charge < -0.3 is 0 Å². The Bertz CT molecular complexity index is 234. The van der Waals surface area contributed by atoms with Crippen LogP contribution in [0.5, 0.6) is 0 Å². The summed E-state index contributed by atoms with van der Waals surface area (Å²) in [6.07, 6.45) is 9.28. The fourth-order valence-corrected chi connectivity index (χ4v) is 8.68. The van der Waals surface area contributed by atoms with Gasteiger partial charge >= 0.3 is 133 Å². The number of carboxylic acids is 2. The maximum atomic E-state index is 10.3. The van der Waals surface area contributed by atoms with Crippen molar-refractivity contribution < 1.29 is 19.8 Å². The van der Waals surface area contributed by atoms with Gasteiger partial charge in [0, 0.05) is 0 Å². The molecule has 0 aromatic heterocycles. The molecule has 0 rings (SSSR count). The quantitative estimate of drug-likeness (QED) is 0.318. The van der Waals surface area contributed by atoms with E-state index in [9.17, 15) is 9.59 Å². The van der Waals surface area contributed by atoms with Gasteiger partial charge in [0.15, 0.2) is 0 Å². The summed E-state index contributed by atoms with van der Waals surface area (Å²) in [7, 11) is 0. The average molecular weight is 416 g/mol. The summed E-state index contributed by atoms with van der Waals surface area (Å²) in [5, 5.41) is 19.7. The average Bonchev–Trinajstić information content (AvgIpc) is 2.38. The van der Waals surface area contributed by atoms with Crippen molar-refractivity contribution in [3.8, 4) is 0 Å². The van der Waals surface area contributed by atoms with Crippen LogP contribution in [0.4, 0.5) is 0 Å². The Kier molecular flexibility index (Phi) is 15.4. The number of hydrogen-bond acceptors (Lipinski definition) is 2. The van der Waals surface area contributed by atoms with E-state index in [1.165, 1.54) is 36.3 Å². The molecule has 4 nitrogen and oxygen atoms in total. The molecule has 2 N–H and O–H groups in total. The third-order valence-electron chi connectivity index (χ3n) is 2.82. The minimum atomic E-state index is -0.680. The molecule has 0 bridgehead atoms. The van der Waals surface area contributed by atoms with E-state index in [-0.39, 0.29) is 0 Å². The Balaban J connectivity index is 2.99. The second-order valence-electron chi connectivity index (χ2n) is 4.76. The molecule has 0 aliphatic carbocycles. The van der Waals surface area contributed by atoms with Gasteiger partial charge in [0.05, 0.1) is 0 Å². The van der Waals surface area contributed by atoms with E-state index >= 15 is 0 Å². The van der Waals surface area contributed by atoms with Crippen LogP contribution < -0.4 is 0 Å². The van der Waals surface area contributed by atoms with Crippen LogP contribution in [0.3, 0.4) is 0 Å². The van der Waals surface area contributed by atoms with Gasteiger partial charge in [0.2, 0.25) is 0 Å². The van der Waals surface area contributed by atoms with Gasteiger partial charge in [0.1, 0.15) is 0 Å². The third kappa shape index (κ3) is 18.0. The summed E-state index contributed by atoms with van der Waals surface area (Å²) in [6, 6.07) is 0. The molecule has 0 aromatic carbocycles. The molecule has 0 aliphatic rings. The molecule has 6 heteroatoms. The predicted octanol–water partition coefficient (Wildman–Crippen LogP) is 3.22. The minimum absolute atomic E-state index is 0.316.